The standard InChI is InChI=1S/C7H13NO3/c1-8-3-2-7(9)11-6-4-10-5-6/h6,8H,2-5H2,1H3. The molecule has 0 amide bonds. The highest BCUT2D eigenvalue weighted by molar-refractivity contribution is 5.69. The molecule has 0 saturated carbocycles. The molecule has 1 rings (SSSR count). The van der Waals surface area contributed by atoms with E-state index in [9.17, 15) is 4.79 Å². The van der Waals surface area contributed by atoms with Crippen LogP contribution in [0.4, 0.5) is 0 Å². The molecule has 0 aromatic rings. The number of ether oxygens (including phenoxy) is 2. The van der Waals surface area contributed by atoms with Crippen molar-refractivity contribution in [3.8, 4) is 0 Å². The van der Waals surface area contributed by atoms with Gasteiger partial charge in [-0.25, -0.2) is 0 Å². The van der Waals surface area contributed by atoms with Gasteiger partial charge in [0.2, 0.25) is 0 Å². The summed E-state index contributed by atoms with van der Waals surface area (Å²) in [7, 11) is 1.81. The highest BCUT2D eigenvalue weighted by Crippen LogP contribution is 2.05. The van der Waals surface area contributed by atoms with Crippen molar-refractivity contribution in [2.45, 2.75) is 12.5 Å². The van der Waals surface area contributed by atoms with E-state index in [4.69, 9.17) is 9.47 Å². The van der Waals surface area contributed by atoms with Crippen molar-refractivity contribution in [3.63, 3.8) is 0 Å². The minimum Gasteiger partial charge on any atom is -0.457 e. The van der Waals surface area contributed by atoms with E-state index in [1.54, 1.807) is 7.05 Å². The summed E-state index contributed by atoms with van der Waals surface area (Å²) in [5, 5.41) is 2.88. The predicted molar refractivity (Wildman–Crippen MR) is 39.2 cm³/mol. The molecule has 0 unspecified atom stereocenters. The third-order valence-corrected chi connectivity index (χ3v) is 1.48. The van der Waals surface area contributed by atoms with Gasteiger partial charge in [0.25, 0.3) is 0 Å². The second kappa shape index (κ2) is 4.31. The number of nitrogens with one attached hydrogen (secondary N) is 1. The molecule has 1 N–H and O–H groups in total. The first-order valence-electron chi connectivity index (χ1n) is 3.74. The molecule has 1 saturated heterocycles. The van der Waals surface area contributed by atoms with Crippen LogP contribution >= 0.6 is 0 Å². The molecule has 4 nitrogen and oxygen atoms in total. The second-order valence-corrected chi connectivity index (χ2v) is 2.50. The van der Waals surface area contributed by atoms with Crippen molar-refractivity contribution >= 4 is 5.97 Å². The molecule has 11 heavy (non-hydrogen) atoms. The fraction of sp³-hybridized carbons (Fsp3) is 0.857. The van der Waals surface area contributed by atoms with E-state index in [0.29, 0.717) is 26.2 Å². The zero-order chi connectivity index (χ0) is 8.10. The fourth-order valence-electron chi connectivity index (χ4n) is 0.754. The lowest BCUT2D eigenvalue weighted by molar-refractivity contribution is -0.171. The van der Waals surface area contributed by atoms with Crippen LogP contribution < -0.4 is 5.32 Å². The Morgan fingerprint density at radius 2 is 2.45 bits per heavy atom. The lowest BCUT2D eigenvalue weighted by atomic mass is 10.3. The second-order valence-electron chi connectivity index (χ2n) is 2.50. The van der Waals surface area contributed by atoms with Crippen LogP contribution in [0.15, 0.2) is 0 Å². The Morgan fingerprint density at radius 1 is 1.73 bits per heavy atom. The van der Waals surface area contributed by atoms with E-state index in [2.05, 4.69) is 5.32 Å². The molecule has 0 aromatic heterocycles. The summed E-state index contributed by atoms with van der Waals surface area (Å²) >= 11 is 0. The van der Waals surface area contributed by atoms with E-state index < -0.39 is 0 Å². The van der Waals surface area contributed by atoms with Crippen LogP contribution in [-0.2, 0) is 14.3 Å². The SMILES string of the molecule is CNCCC(=O)OC1COC1. The predicted octanol–water partition coefficient (Wildman–Crippen LogP) is -0.462. The first kappa shape index (κ1) is 8.49. The largest absolute Gasteiger partial charge is 0.457 e. The van der Waals surface area contributed by atoms with Crippen LogP contribution in [0.2, 0.25) is 0 Å². The number of rotatable bonds is 4. The van der Waals surface area contributed by atoms with E-state index in [0.717, 1.165) is 0 Å². The quantitative estimate of drug-likeness (QED) is 0.564. The van der Waals surface area contributed by atoms with Crippen LogP contribution in [-0.4, -0.2) is 38.9 Å². The van der Waals surface area contributed by atoms with Gasteiger partial charge in [0.05, 0.1) is 19.6 Å². The minimum absolute atomic E-state index is 0.0133. The zero-order valence-electron chi connectivity index (χ0n) is 6.63. The Balaban J connectivity index is 2.00. The van der Waals surface area contributed by atoms with Crippen molar-refractivity contribution in [2.75, 3.05) is 26.8 Å². The van der Waals surface area contributed by atoms with Crippen molar-refractivity contribution in [1.82, 2.24) is 5.32 Å². The fourth-order valence-corrected chi connectivity index (χ4v) is 0.754. The first-order chi connectivity index (χ1) is 5.33. The number of hydrogen-bond donors (Lipinski definition) is 1. The summed E-state index contributed by atoms with van der Waals surface area (Å²) in [5.74, 6) is -0.146. The highest BCUT2D eigenvalue weighted by atomic mass is 16.6. The van der Waals surface area contributed by atoms with Crippen LogP contribution in [0.5, 0.6) is 0 Å². The molecule has 4 heteroatoms. The molecule has 0 spiro atoms. The van der Waals surface area contributed by atoms with Gasteiger partial charge in [-0.05, 0) is 7.05 Å². The van der Waals surface area contributed by atoms with Crippen molar-refractivity contribution in [2.24, 2.45) is 0 Å². The molecule has 0 atom stereocenters. The zero-order valence-corrected chi connectivity index (χ0v) is 6.63. The summed E-state index contributed by atoms with van der Waals surface area (Å²) in [6.07, 6.45) is 0.451. The molecule has 0 bridgehead atoms. The lowest BCUT2D eigenvalue weighted by Gasteiger charge is -2.25. The Bertz CT molecular complexity index is 134. The molecular formula is C7H13NO3. The molecule has 0 aromatic carbocycles. The average Bonchev–Trinajstić information content (AvgIpc) is 1.93. The number of hydrogen-bond acceptors (Lipinski definition) is 4. The molecule has 1 aliphatic rings. The van der Waals surface area contributed by atoms with E-state index >= 15 is 0 Å². The third kappa shape index (κ3) is 2.86. The normalized spacial score (nSPS) is 17.5. The van der Waals surface area contributed by atoms with Gasteiger partial charge in [0.15, 0.2) is 0 Å². The third-order valence-electron chi connectivity index (χ3n) is 1.48. The molecule has 0 aliphatic carbocycles. The first-order valence-corrected chi connectivity index (χ1v) is 3.74. The summed E-state index contributed by atoms with van der Waals surface area (Å²) in [6.45, 7) is 1.79. The van der Waals surface area contributed by atoms with Gasteiger partial charge < -0.3 is 14.8 Å². The highest BCUT2D eigenvalue weighted by Gasteiger charge is 2.21. The van der Waals surface area contributed by atoms with Crippen molar-refractivity contribution in [1.29, 1.82) is 0 Å². The Morgan fingerprint density at radius 3 is 2.91 bits per heavy atom. The monoisotopic (exact) mass is 159 g/mol. The number of carbonyl (C=O) groups is 1. The Hall–Kier alpha value is -0.610. The lowest BCUT2D eigenvalue weighted by Crippen LogP contribution is -2.38. The molecule has 1 fully saturated rings. The maximum Gasteiger partial charge on any atom is 0.307 e. The van der Waals surface area contributed by atoms with E-state index in [-0.39, 0.29) is 12.1 Å². The minimum atomic E-state index is -0.146. The van der Waals surface area contributed by atoms with E-state index in [1.165, 1.54) is 0 Å². The molecule has 1 heterocycles. The molecule has 64 valence electrons. The topological polar surface area (TPSA) is 47.6 Å². The van der Waals surface area contributed by atoms with Gasteiger partial charge in [-0.1, -0.05) is 0 Å². The van der Waals surface area contributed by atoms with Crippen LogP contribution in [0, 0.1) is 0 Å². The van der Waals surface area contributed by atoms with Gasteiger partial charge in [-0.15, -0.1) is 0 Å². The Labute approximate surface area is 65.9 Å². The summed E-state index contributed by atoms with van der Waals surface area (Å²) < 4.78 is 9.83. The van der Waals surface area contributed by atoms with Gasteiger partial charge >= 0.3 is 5.97 Å². The summed E-state index contributed by atoms with van der Waals surface area (Å²) in [5.41, 5.74) is 0. The average molecular weight is 159 g/mol. The van der Waals surface area contributed by atoms with Crippen molar-refractivity contribution < 1.29 is 14.3 Å². The van der Waals surface area contributed by atoms with E-state index in [1.807, 2.05) is 0 Å². The van der Waals surface area contributed by atoms with Gasteiger partial charge in [-0.3, -0.25) is 4.79 Å². The molecule has 0 radical (unpaired) electrons. The maximum atomic E-state index is 10.9. The number of esters is 1. The van der Waals surface area contributed by atoms with Gasteiger partial charge in [0.1, 0.15) is 6.10 Å². The van der Waals surface area contributed by atoms with Gasteiger partial charge in [-0.2, -0.15) is 0 Å². The number of carbonyl (C=O) groups excluding carboxylic acids is 1. The Kier molecular flexibility index (Phi) is 3.32. The summed E-state index contributed by atoms with van der Waals surface area (Å²) in [6, 6.07) is 0. The summed E-state index contributed by atoms with van der Waals surface area (Å²) in [4.78, 5) is 10.9. The molecular weight excluding hydrogens is 146 g/mol. The van der Waals surface area contributed by atoms with Crippen LogP contribution in [0.1, 0.15) is 6.42 Å². The van der Waals surface area contributed by atoms with Crippen LogP contribution in [0.3, 0.4) is 0 Å². The van der Waals surface area contributed by atoms with Gasteiger partial charge in [0, 0.05) is 6.54 Å². The molecule has 1 aliphatic heterocycles. The van der Waals surface area contributed by atoms with Crippen LogP contribution in [0.25, 0.3) is 0 Å². The van der Waals surface area contributed by atoms with Crippen molar-refractivity contribution in [3.05, 3.63) is 0 Å². The maximum absolute atomic E-state index is 10.9. The smallest absolute Gasteiger partial charge is 0.307 e.